The van der Waals surface area contributed by atoms with Crippen molar-refractivity contribution in [3.8, 4) is 5.75 Å². The first kappa shape index (κ1) is 20.6. The molecule has 1 aliphatic carbocycles. The van der Waals surface area contributed by atoms with Crippen LogP contribution in [0.15, 0.2) is 24.3 Å². The highest BCUT2D eigenvalue weighted by Crippen LogP contribution is 2.38. The Kier molecular flexibility index (Phi) is 5.91. The fourth-order valence-corrected chi connectivity index (χ4v) is 3.76. The molecule has 0 saturated heterocycles. The molecular formula is C21H20F6O. The highest BCUT2D eigenvalue weighted by atomic mass is 19.4. The maximum absolute atomic E-state index is 14.6. The second-order valence-electron chi connectivity index (χ2n) is 7.12. The summed E-state index contributed by atoms with van der Waals surface area (Å²) in [5.41, 5.74) is 1.49. The van der Waals surface area contributed by atoms with Crippen LogP contribution < -0.4 is 4.74 Å². The fraction of sp³-hybridized carbons (Fsp3) is 0.429. The molecule has 0 heterocycles. The molecule has 0 saturated carbocycles. The summed E-state index contributed by atoms with van der Waals surface area (Å²) in [6.45, 7) is 1.99. The maximum Gasteiger partial charge on any atom is 0.573 e. The summed E-state index contributed by atoms with van der Waals surface area (Å²) in [6.07, 6.45) is -1.87. The van der Waals surface area contributed by atoms with Gasteiger partial charge in [0.05, 0.1) is 0 Å². The number of fused-ring (bicyclic) bond motifs is 1. The molecule has 1 unspecified atom stereocenters. The number of rotatable bonds is 5. The smallest absolute Gasteiger partial charge is 0.403 e. The van der Waals surface area contributed by atoms with Gasteiger partial charge in [0.15, 0.2) is 11.6 Å². The van der Waals surface area contributed by atoms with E-state index in [9.17, 15) is 26.3 Å². The molecule has 0 N–H and O–H groups in total. The fourth-order valence-electron chi connectivity index (χ4n) is 3.76. The maximum atomic E-state index is 14.6. The van der Waals surface area contributed by atoms with Gasteiger partial charge in [0.25, 0.3) is 0 Å². The van der Waals surface area contributed by atoms with Gasteiger partial charge >= 0.3 is 6.36 Å². The molecule has 0 fully saturated rings. The Balaban J connectivity index is 1.85. The van der Waals surface area contributed by atoms with Crippen LogP contribution in [-0.4, -0.2) is 6.36 Å². The highest BCUT2D eigenvalue weighted by Gasteiger charge is 2.34. The van der Waals surface area contributed by atoms with Crippen LogP contribution in [0.25, 0.3) is 0 Å². The van der Waals surface area contributed by atoms with E-state index < -0.39 is 35.5 Å². The first-order chi connectivity index (χ1) is 13.2. The van der Waals surface area contributed by atoms with E-state index in [-0.39, 0.29) is 18.4 Å². The molecule has 1 atom stereocenters. The highest BCUT2D eigenvalue weighted by molar-refractivity contribution is 5.41. The molecule has 1 aliphatic rings. The quantitative estimate of drug-likeness (QED) is 0.511. The average molecular weight is 402 g/mol. The Bertz CT molecular complexity index is 836. The van der Waals surface area contributed by atoms with Crippen LogP contribution in [0.4, 0.5) is 26.3 Å². The van der Waals surface area contributed by atoms with Crippen molar-refractivity contribution in [2.45, 2.75) is 57.7 Å². The number of alkyl halides is 3. The van der Waals surface area contributed by atoms with Gasteiger partial charge in [-0.1, -0.05) is 13.3 Å². The van der Waals surface area contributed by atoms with Gasteiger partial charge in [0.1, 0.15) is 11.6 Å². The average Bonchev–Trinajstić information content (AvgIpc) is 2.59. The van der Waals surface area contributed by atoms with Crippen molar-refractivity contribution >= 4 is 0 Å². The summed E-state index contributed by atoms with van der Waals surface area (Å²) in [5.74, 6) is -3.79. The first-order valence-corrected chi connectivity index (χ1v) is 9.22. The normalized spacial score (nSPS) is 16.8. The van der Waals surface area contributed by atoms with Crippen LogP contribution in [-0.2, 0) is 19.3 Å². The largest absolute Gasteiger partial charge is 0.573 e. The Morgan fingerprint density at radius 3 is 2.25 bits per heavy atom. The molecule has 0 aliphatic heterocycles. The molecule has 3 rings (SSSR count). The molecule has 0 bridgehead atoms. The third kappa shape index (κ3) is 4.62. The molecule has 7 heteroatoms. The Morgan fingerprint density at radius 1 is 0.964 bits per heavy atom. The van der Waals surface area contributed by atoms with Gasteiger partial charge in [0.2, 0.25) is 0 Å². The van der Waals surface area contributed by atoms with Crippen molar-refractivity contribution < 1.29 is 31.1 Å². The van der Waals surface area contributed by atoms with E-state index in [0.29, 0.717) is 29.5 Å². The predicted molar refractivity (Wildman–Crippen MR) is 92.8 cm³/mol. The SMILES string of the molecule is CCCCc1cc(F)c(C2CCc3cc(OC(F)(F)F)c(F)cc3C2)c(F)c1. The Labute approximate surface area is 159 Å². The van der Waals surface area contributed by atoms with Crippen molar-refractivity contribution in [2.75, 3.05) is 0 Å². The molecule has 2 aromatic rings. The lowest BCUT2D eigenvalue weighted by Gasteiger charge is -2.26. The third-order valence-electron chi connectivity index (χ3n) is 5.07. The number of halogens is 6. The van der Waals surface area contributed by atoms with E-state index in [1.807, 2.05) is 6.92 Å². The number of benzene rings is 2. The molecule has 2 aromatic carbocycles. The van der Waals surface area contributed by atoms with Gasteiger partial charge in [0, 0.05) is 5.56 Å². The zero-order valence-corrected chi connectivity index (χ0v) is 15.3. The van der Waals surface area contributed by atoms with Crippen LogP contribution >= 0.6 is 0 Å². The Hall–Kier alpha value is -2.18. The van der Waals surface area contributed by atoms with E-state index in [2.05, 4.69) is 4.74 Å². The number of hydrogen-bond acceptors (Lipinski definition) is 1. The third-order valence-corrected chi connectivity index (χ3v) is 5.07. The lowest BCUT2D eigenvalue weighted by atomic mass is 9.79. The lowest BCUT2D eigenvalue weighted by Crippen LogP contribution is -2.20. The number of unbranched alkanes of at least 4 members (excludes halogenated alkanes) is 1. The standard InChI is InChI=1S/C21H20F6O/c1-2-3-4-12-7-17(23)20(18(24)8-12)14-6-5-13-11-19(28-21(25,26)27)16(22)10-15(13)9-14/h7-8,10-11,14H,2-6,9H2,1H3. The van der Waals surface area contributed by atoms with E-state index in [1.54, 1.807) is 0 Å². The van der Waals surface area contributed by atoms with Crippen molar-refractivity contribution in [3.63, 3.8) is 0 Å². The molecule has 152 valence electrons. The van der Waals surface area contributed by atoms with Gasteiger partial charge in [-0.05, 0) is 79.0 Å². The van der Waals surface area contributed by atoms with Crippen LogP contribution in [0.5, 0.6) is 5.75 Å². The van der Waals surface area contributed by atoms with E-state index in [0.717, 1.165) is 25.0 Å². The van der Waals surface area contributed by atoms with Gasteiger partial charge in [-0.15, -0.1) is 13.2 Å². The van der Waals surface area contributed by atoms with Crippen LogP contribution in [0, 0.1) is 17.5 Å². The summed E-state index contributed by atoms with van der Waals surface area (Å²) in [5, 5.41) is 0. The zero-order chi connectivity index (χ0) is 20.5. The molecular weight excluding hydrogens is 382 g/mol. The molecule has 0 aromatic heterocycles. The topological polar surface area (TPSA) is 9.23 Å². The van der Waals surface area contributed by atoms with Crippen molar-refractivity contribution in [3.05, 3.63) is 64.0 Å². The molecule has 0 amide bonds. The summed E-state index contributed by atoms with van der Waals surface area (Å²) in [7, 11) is 0. The minimum absolute atomic E-state index is 0.0399. The molecule has 1 nitrogen and oxygen atoms in total. The lowest BCUT2D eigenvalue weighted by molar-refractivity contribution is -0.275. The van der Waals surface area contributed by atoms with Gasteiger partial charge in [-0.3, -0.25) is 0 Å². The zero-order valence-electron chi connectivity index (χ0n) is 15.3. The van der Waals surface area contributed by atoms with Crippen LogP contribution in [0.3, 0.4) is 0 Å². The van der Waals surface area contributed by atoms with Gasteiger partial charge in [-0.25, -0.2) is 13.2 Å². The van der Waals surface area contributed by atoms with Crippen LogP contribution in [0.1, 0.15) is 54.4 Å². The molecule has 0 radical (unpaired) electrons. The second kappa shape index (κ2) is 8.05. The van der Waals surface area contributed by atoms with Gasteiger partial charge < -0.3 is 4.74 Å². The first-order valence-electron chi connectivity index (χ1n) is 9.22. The van der Waals surface area contributed by atoms with Crippen molar-refractivity contribution in [2.24, 2.45) is 0 Å². The van der Waals surface area contributed by atoms with E-state index >= 15 is 0 Å². The number of hydrogen-bond donors (Lipinski definition) is 0. The minimum Gasteiger partial charge on any atom is -0.403 e. The summed E-state index contributed by atoms with van der Waals surface area (Å²) < 4.78 is 83.9. The monoisotopic (exact) mass is 402 g/mol. The minimum atomic E-state index is -4.99. The van der Waals surface area contributed by atoms with Crippen LogP contribution in [0.2, 0.25) is 0 Å². The van der Waals surface area contributed by atoms with E-state index in [4.69, 9.17) is 0 Å². The second-order valence-corrected chi connectivity index (χ2v) is 7.12. The van der Waals surface area contributed by atoms with Gasteiger partial charge in [-0.2, -0.15) is 0 Å². The number of ether oxygens (including phenoxy) is 1. The number of aryl methyl sites for hydroxylation is 2. The van der Waals surface area contributed by atoms with Crippen molar-refractivity contribution in [1.29, 1.82) is 0 Å². The van der Waals surface area contributed by atoms with E-state index in [1.165, 1.54) is 12.1 Å². The summed E-state index contributed by atoms with van der Waals surface area (Å²) >= 11 is 0. The summed E-state index contributed by atoms with van der Waals surface area (Å²) in [6, 6.07) is 4.66. The summed E-state index contributed by atoms with van der Waals surface area (Å²) in [4.78, 5) is 0. The molecule has 0 spiro atoms. The van der Waals surface area contributed by atoms with Crippen molar-refractivity contribution in [1.82, 2.24) is 0 Å². The predicted octanol–water partition coefficient (Wildman–Crippen LogP) is 6.62. The Morgan fingerprint density at radius 2 is 1.64 bits per heavy atom. The molecule has 28 heavy (non-hydrogen) atoms.